The van der Waals surface area contributed by atoms with E-state index in [0.717, 1.165) is 54.5 Å². The number of hydrogen-bond acceptors (Lipinski definition) is 4. The molecule has 5 heteroatoms. The number of ether oxygens (including phenoxy) is 1. The number of benzene rings is 1. The highest BCUT2D eigenvalue weighted by atomic mass is 32.2. The number of thiocarbonyl (C=S) groups is 1. The molecule has 0 atom stereocenters. The molecule has 1 fully saturated rings. The summed E-state index contributed by atoms with van der Waals surface area (Å²) in [6.45, 7) is 4.84. The van der Waals surface area contributed by atoms with Crippen molar-refractivity contribution in [2.45, 2.75) is 24.7 Å². The van der Waals surface area contributed by atoms with Crippen molar-refractivity contribution in [3.05, 3.63) is 23.8 Å². The van der Waals surface area contributed by atoms with Crippen molar-refractivity contribution in [3.63, 3.8) is 0 Å². The first-order valence-electron chi connectivity index (χ1n) is 7.09. The van der Waals surface area contributed by atoms with Crippen LogP contribution in [0, 0.1) is 5.92 Å². The maximum absolute atomic E-state index is 5.91. The average Bonchev–Trinajstić information content (AvgIpc) is 2.46. The van der Waals surface area contributed by atoms with Crippen LogP contribution in [0.3, 0.4) is 0 Å². The number of rotatable bonds is 6. The van der Waals surface area contributed by atoms with Crippen molar-refractivity contribution in [1.29, 1.82) is 0 Å². The molecule has 1 aliphatic heterocycles. The maximum Gasteiger partial charge on any atom is 0.107 e. The Hall–Kier alpha value is -0.780. The Labute approximate surface area is 130 Å². The van der Waals surface area contributed by atoms with Gasteiger partial charge in [0.05, 0.1) is 0 Å². The lowest BCUT2D eigenvalue weighted by Gasteiger charge is -2.23. The number of anilines is 1. The van der Waals surface area contributed by atoms with Gasteiger partial charge in [0.1, 0.15) is 4.99 Å². The number of hydrogen-bond donors (Lipinski definition) is 2. The third-order valence-electron chi connectivity index (χ3n) is 3.49. The summed E-state index contributed by atoms with van der Waals surface area (Å²) < 4.78 is 5.39. The van der Waals surface area contributed by atoms with Crippen LogP contribution in [0.1, 0.15) is 25.3 Å². The minimum Gasteiger partial charge on any atom is -0.389 e. The number of nitrogens with two attached hydrogens (primary N) is 1. The van der Waals surface area contributed by atoms with Crippen LogP contribution in [-0.2, 0) is 4.74 Å². The topological polar surface area (TPSA) is 47.3 Å². The summed E-state index contributed by atoms with van der Waals surface area (Å²) in [5.41, 5.74) is 7.96. The van der Waals surface area contributed by atoms with Gasteiger partial charge in [-0.3, -0.25) is 0 Å². The summed E-state index contributed by atoms with van der Waals surface area (Å²) in [6, 6.07) is 6.21. The van der Waals surface area contributed by atoms with Gasteiger partial charge in [0.2, 0.25) is 0 Å². The van der Waals surface area contributed by atoms with E-state index in [0.29, 0.717) is 10.9 Å². The molecule has 2 rings (SSSR count). The summed E-state index contributed by atoms with van der Waals surface area (Å²) >= 11 is 7.00. The minimum atomic E-state index is 0.469. The third kappa shape index (κ3) is 4.11. The van der Waals surface area contributed by atoms with E-state index in [1.807, 2.05) is 0 Å². The fourth-order valence-electron chi connectivity index (χ4n) is 2.41. The molecule has 110 valence electrons. The molecular formula is C15H22N2OS2. The second-order valence-electron chi connectivity index (χ2n) is 4.91. The summed E-state index contributed by atoms with van der Waals surface area (Å²) in [4.78, 5) is 1.63. The zero-order valence-corrected chi connectivity index (χ0v) is 13.5. The predicted octanol–water partition coefficient (Wildman–Crippen LogP) is 3.27. The molecule has 1 aliphatic rings. The zero-order chi connectivity index (χ0) is 14.4. The van der Waals surface area contributed by atoms with E-state index < -0.39 is 0 Å². The summed E-state index contributed by atoms with van der Waals surface area (Å²) in [7, 11) is 0. The molecule has 1 aromatic carbocycles. The Kier molecular flexibility index (Phi) is 6.13. The minimum absolute atomic E-state index is 0.469. The highest BCUT2D eigenvalue weighted by Gasteiger charge is 2.15. The van der Waals surface area contributed by atoms with Gasteiger partial charge in [-0.25, -0.2) is 0 Å². The molecule has 20 heavy (non-hydrogen) atoms. The van der Waals surface area contributed by atoms with Crippen LogP contribution in [0.2, 0.25) is 0 Å². The lowest BCUT2D eigenvalue weighted by atomic mass is 10.00. The van der Waals surface area contributed by atoms with Gasteiger partial charge in [0.15, 0.2) is 0 Å². The SMILES string of the molecule is CCSc1cccc(NCC2CCOCC2)c1C(N)=S. The summed E-state index contributed by atoms with van der Waals surface area (Å²) in [5, 5.41) is 3.53. The fourth-order valence-corrected chi connectivity index (χ4v) is 3.55. The lowest BCUT2D eigenvalue weighted by Crippen LogP contribution is -2.24. The molecule has 0 aliphatic carbocycles. The van der Waals surface area contributed by atoms with Gasteiger partial charge in [-0.2, -0.15) is 0 Å². The Morgan fingerprint density at radius 3 is 2.85 bits per heavy atom. The van der Waals surface area contributed by atoms with Crippen molar-refractivity contribution in [2.75, 3.05) is 30.8 Å². The molecule has 3 N–H and O–H groups in total. The first kappa shape index (κ1) is 15.6. The Morgan fingerprint density at radius 1 is 1.45 bits per heavy atom. The molecule has 0 radical (unpaired) electrons. The molecule has 1 heterocycles. The molecule has 0 saturated carbocycles. The first-order chi connectivity index (χ1) is 9.72. The zero-order valence-electron chi connectivity index (χ0n) is 11.9. The average molecular weight is 310 g/mol. The first-order valence-corrected chi connectivity index (χ1v) is 8.49. The second-order valence-corrected chi connectivity index (χ2v) is 6.66. The van der Waals surface area contributed by atoms with Crippen LogP contribution in [0.15, 0.2) is 23.1 Å². The van der Waals surface area contributed by atoms with Gasteiger partial charge in [-0.05, 0) is 36.6 Å². The number of thioether (sulfide) groups is 1. The third-order valence-corrected chi connectivity index (χ3v) is 4.64. The van der Waals surface area contributed by atoms with Crippen LogP contribution >= 0.6 is 24.0 Å². The normalized spacial score (nSPS) is 16.1. The quantitative estimate of drug-likeness (QED) is 0.624. The van der Waals surface area contributed by atoms with Gasteiger partial charge in [-0.1, -0.05) is 25.2 Å². The van der Waals surface area contributed by atoms with Gasteiger partial charge in [0.25, 0.3) is 0 Å². The lowest BCUT2D eigenvalue weighted by molar-refractivity contribution is 0.0699. The molecule has 0 aromatic heterocycles. The van der Waals surface area contributed by atoms with Crippen LogP contribution in [-0.4, -0.2) is 30.5 Å². The Morgan fingerprint density at radius 2 is 2.20 bits per heavy atom. The molecule has 1 aromatic rings. The molecule has 3 nitrogen and oxygen atoms in total. The van der Waals surface area contributed by atoms with Crippen molar-refractivity contribution >= 4 is 34.7 Å². The van der Waals surface area contributed by atoms with Crippen molar-refractivity contribution in [1.82, 2.24) is 0 Å². The summed E-state index contributed by atoms with van der Waals surface area (Å²) in [5.74, 6) is 1.68. The fraction of sp³-hybridized carbons (Fsp3) is 0.533. The van der Waals surface area contributed by atoms with Gasteiger partial charge in [-0.15, -0.1) is 11.8 Å². The van der Waals surface area contributed by atoms with Crippen LogP contribution in [0.25, 0.3) is 0 Å². The standard InChI is InChI=1S/C15H22N2OS2/c1-2-20-13-5-3-4-12(14(13)15(16)19)17-10-11-6-8-18-9-7-11/h3-5,11,17H,2,6-10H2,1H3,(H2,16,19). The van der Waals surface area contributed by atoms with Gasteiger partial charge >= 0.3 is 0 Å². The van der Waals surface area contributed by atoms with E-state index in [1.54, 1.807) is 11.8 Å². The second kappa shape index (κ2) is 7.86. The van der Waals surface area contributed by atoms with E-state index >= 15 is 0 Å². The monoisotopic (exact) mass is 310 g/mol. The van der Waals surface area contributed by atoms with Crippen LogP contribution < -0.4 is 11.1 Å². The molecule has 0 spiro atoms. The Balaban J connectivity index is 2.09. The van der Waals surface area contributed by atoms with E-state index in [2.05, 4.69) is 30.4 Å². The van der Waals surface area contributed by atoms with Crippen LogP contribution in [0.4, 0.5) is 5.69 Å². The van der Waals surface area contributed by atoms with E-state index in [-0.39, 0.29) is 0 Å². The smallest absolute Gasteiger partial charge is 0.107 e. The highest BCUT2D eigenvalue weighted by Crippen LogP contribution is 2.29. The molecular weight excluding hydrogens is 288 g/mol. The highest BCUT2D eigenvalue weighted by molar-refractivity contribution is 7.99. The van der Waals surface area contributed by atoms with Crippen molar-refractivity contribution in [2.24, 2.45) is 11.7 Å². The molecule has 0 amide bonds. The van der Waals surface area contributed by atoms with E-state index in [1.165, 1.54) is 0 Å². The predicted molar refractivity (Wildman–Crippen MR) is 90.8 cm³/mol. The van der Waals surface area contributed by atoms with Crippen molar-refractivity contribution < 1.29 is 4.74 Å². The summed E-state index contributed by atoms with van der Waals surface area (Å²) in [6.07, 6.45) is 2.25. The van der Waals surface area contributed by atoms with Crippen molar-refractivity contribution in [3.8, 4) is 0 Å². The van der Waals surface area contributed by atoms with Crippen LogP contribution in [0.5, 0.6) is 0 Å². The number of nitrogens with one attached hydrogen (secondary N) is 1. The largest absolute Gasteiger partial charge is 0.389 e. The maximum atomic E-state index is 5.91. The van der Waals surface area contributed by atoms with E-state index in [9.17, 15) is 0 Å². The van der Waals surface area contributed by atoms with E-state index in [4.69, 9.17) is 22.7 Å². The molecule has 1 saturated heterocycles. The molecule has 0 unspecified atom stereocenters. The van der Waals surface area contributed by atoms with Gasteiger partial charge < -0.3 is 15.8 Å². The van der Waals surface area contributed by atoms with Gasteiger partial charge in [0, 0.05) is 35.9 Å². The molecule has 0 bridgehead atoms. The Bertz CT molecular complexity index is 459.